The molecule has 0 radical (unpaired) electrons. The smallest absolute Gasteiger partial charge is 0.325 e. The van der Waals surface area contributed by atoms with E-state index in [2.05, 4.69) is 6.92 Å². The standard InChI is InChI=1S/C22H42N2O3/c1-7-8-9-10-11-12-13-14-15-19(25)16-20(23)24(6)17-21(26)27-18(2)22(3,4)5/h18,23H,7-17H2,1-6H3. The second kappa shape index (κ2) is 13.7. The van der Waals surface area contributed by atoms with Gasteiger partial charge in [-0.2, -0.15) is 0 Å². The molecule has 0 aromatic rings. The molecule has 1 unspecified atom stereocenters. The van der Waals surface area contributed by atoms with Gasteiger partial charge in [-0.25, -0.2) is 0 Å². The first kappa shape index (κ1) is 25.6. The van der Waals surface area contributed by atoms with Crippen LogP contribution in [-0.4, -0.2) is 42.2 Å². The lowest BCUT2D eigenvalue weighted by Gasteiger charge is -2.28. The van der Waals surface area contributed by atoms with E-state index in [4.69, 9.17) is 10.1 Å². The zero-order valence-corrected chi connectivity index (χ0v) is 18.5. The van der Waals surface area contributed by atoms with Crippen molar-refractivity contribution in [1.29, 1.82) is 5.41 Å². The number of carbonyl (C=O) groups is 2. The molecule has 0 bridgehead atoms. The summed E-state index contributed by atoms with van der Waals surface area (Å²) in [4.78, 5) is 25.5. The fourth-order valence-electron chi connectivity index (χ4n) is 2.57. The number of unbranched alkanes of at least 4 members (excludes halogenated alkanes) is 7. The molecule has 0 aromatic carbocycles. The third kappa shape index (κ3) is 13.4. The van der Waals surface area contributed by atoms with Crippen molar-refractivity contribution < 1.29 is 14.3 Å². The molecule has 0 saturated carbocycles. The molecule has 0 aromatic heterocycles. The summed E-state index contributed by atoms with van der Waals surface area (Å²) >= 11 is 0. The van der Waals surface area contributed by atoms with Gasteiger partial charge in [0.25, 0.3) is 0 Å². The highest BCUT2D eigenvalue weighted by atomic mass is 16.5. The van der Waals surface area contributed by atoms with Crippen LogP contribution in [0.25, 0.3) is 0 Å². The lowest BCUT2D eigenvalue weighted by molar-refractivity contribution is -0.153. The minimum absolute atomic E-state index is 0.00426. The number of hydrogen-bond donors (Lipinski definition) is 1. The lowest BCUT2D eigenvalue weighted by atomic mass is 9.90. The maximum absolute atomic E-state index is 12.0. The molecular formula is C22H42N2O3. The fourth-order valence-corrected chi connectivity index (χ4v) is 2.57. The van der Waals surface area contributed by atoms with Crippen LogP contribution in [0.5, 0.6) is 0 Å². The van der Waals surface area contributed by atoms with Crippen LogP contribution >= 0.6 is 0 Å². The molecule has 158 valence electrons. The van der Waals surface area contributed by atoms with E-state index in [-0.39, 0.29) is 42.1 Å². The monoisotopic (exact) mass is 382 g/mol. The largest absolute Gasteiger partial charge is 0.461 e. The average Bonchev–Trinajstić information content (AvgIpc) is 2.56. The minimum atomic E-state index is -0.361. The van der Waals surface area contributed by atoms with Gasteiger partial charge in [-0.15, -0.1) is 0 Å². The number of nitrogens with one attached hydrogen (secondary N) is 1. The van der Waals surface area contributed by atoms with E-state index in [0.29, 0.717) is 6.42 Å². The van der Waals surface area contributed by atoms with Crippen LogP contribution in [0, 0.1) is 10.8 Å². The summed E-state index contributed by atoms with van der Waals surface area (Å²) in [6.45, 7) is 10.1. The van der Waals surface area contributed by atoms with Gasteiger partial charge in [-0.1, -0.05) is 72.6 Å². The Labute approximate surface area is 166 Å². The predicted octanol–water partition coefficient (Wildman–Crippen LogP) is 5.36. The second-order valence-corrected chi connectivity index (χ2v) is 8.74. The summed E-state index contributed by atoms with van der Waals surface area (Å²) < 4.78 is 5.41. The molecule has 0 heterocycles. The van der Waals surface area contributed by atoms with Crippen LogP contribution in [0.2, 0.25) is 0 Å². The predicted molar refractivity (Wildman–Crippen MR) is 112 cm³/mol. The second-order valence-electron chi connectivity index (χ2n) is 8.74. The molecular weight excluding hydrogens is 340 g/mol. The Morgan fingerprint density at radius 2 is 1.52 bits per heavy atom. The van der Waals surface area contributed by atoms with E-state index < -0.39 is 0 Å². The van der Waals surface area contributed by atoms with Gasteiger partial charge in [-0.3, -0.25) is 15.0 Å². The molecule has 0 amide bonds. The maximum Gasteiger partial charge on any atom is 0.325 e. The van der Waals surface area contributed by atoms with Crippen molar-refractivity contribution in [3.63, 3.8) is 0 Å². The molecule has 0 rings (SSSR count). The first-order valence-electron chi connectivity index (χ1n) is 10.6. The van der Waals surface area contributed by atoms with E-state index in [9.17, 15) is 9.59 Å². The number of likely N-dealkylation sites (N-methyl/N-ethyl adjacent to an activating group) is 1. The Balaban J connectivity index is 3.94. The van der Waals surface area contributed by atoms with E-state index in [1.54, 1.807) is 7.05 Å². The number of nitrogens with zero attached hydrogens (tertiary/aromatic N) is 1. The van der Waals surface area contributed by atoms with E-state index >= 15 is 0 Å². The van der Waals surface area contributed by atoms with Gasteiger partial charge in [0, 0.05) is 13.5 Å². The summed E-state index contributed by atoms with van der Waals surface area (Å²) in [5.41, 5.74) is -0.117. The van der Waals surface area contributed by atoms with Crippen LogP contribution in [0.3, 0.4) is 0 Å². The number of carbonyl (C=O) groups excluding carboxylic acids is 2. The molecule has 0 spiro atoms. The Kier molecular flexibility index (Phi) is 13.0. The molecule has 0 aliphatic rings. The summed E-state index contributed by atoms with van der Waals surface area (Å²) in [6, 6.07) is 0. The van der Waals surface area contributed by atoms with Crippen molar-refractivity contribution in [3.8, 4) is 0 Å². The van der Waals surface area contributed by atoms with Crippen molar-refractivity contribution >= 4 is 17.6 Å². The van der Waals surface area contributed by atoms with Crippen LogP contribution < -0.4 is 0 Å². The van der Waals surface area contributed by atoms with Gasteiger partial charge in [0.15, 0.2) is 0 Å². The topological polar surface area (TPSA) is 70.5 Å². The molecule has 0 aliphatic heterocycles. The van der Waals surface area contributed by atoms with Crippen molar-refractivity contribution in [2.24, 2.45) is 5.41 Å². The lowest BCUT2D eigenvalue weighted by Crippen LogP contribution is -2.37. The zero-order valence-electron chi connectivity index (χ0n) is 18.5. The van der Waals surface area contributed by atoms with E-state index in [1.165, 1.54) is 43.4 Å². The van der Waals surface area contributed by atoms with Crippen LogP contribution in [0.4, 0.5) is 0 Å². The van der Waals surface area contributed by atoms with Gasteiger partial charge < -0.3 is 9.64 Å². The minimum Gasteiger partial charge on any atom is -0.461 e. The van der Waals surface area contributed by atoms with Crippen LogP contribution in [0.1, 0.15) is 98.8 Å². The molecule has 0 aliphatic carbocycles. The average molecular weight is 383 g/mol. The SMILES string of the molecule is CCCCCCCCCCC(=O)CC(=N)N(C)CC(=O)OC(C)C(C)(C)C. The molecule has 1 N–H and O–H groups in total. The summed E-state index contributed by atoms with van der Waals surface area (Å²) in [6.07, 6.45) is 10.0. The number of esters is 1. The Morgan fingerprint density at radius 3 is 2.04 bits per heavy atom. The van der Waals surface area contributed by atoms with Crippen molar-refractivity contribution in [1.82, 2.24) is 4.90 Å². The first-order valence-corrected chi connectivity index (χ1v) is 10.6. The van der Waals surface area contributed by atoms with Gasteiger partial charge in [0.05, 0.1) is 6.42 Å². The highest BCUT2D eigenvalue weighted by Crippen LogP contribution is 2.21. The normalized spacial score (nSPS) is 12.5. The summed E-state index contributed by atoms with van der Waals surface area (Å²) in [5, 5.41) is 8.03. The third-order valence-corrected chi connectivity index (χ3v) is 5.03. The van der Waals surface area contributed by atoms with Gasteiger partial charge >= 0.3 is 5.97 Å². The molecule has 5 nitrogen and oxygen atoms in total. The number of Topliss-reactive ketones (excluding diaryl/α,β-unsaturated/α-hetero) is 1. The zero-order chi connectivity index (χ0) is 20.9. The summed E-state index contributed by atoms with van der Waals surface area (Å²) in [7, 11) is 1.66. The summed E-state index contributed by atoms with van der Waals surface area (Å²) in [5.74, 6) is -0.102. The number of hydrogen-bond acceptors (Lipinski definition) is 4. The Bertz CT molecular complexity index is 455. The number of amidine groups is 1. The van der Waals surface area contributed by atoms with Crippen LogP contribution in [0.15, 0.2) is 0 Å². The molecule has 1 atom stereocenters. The van der Waals surface area contributed by atoms with Gasteiger partial charge in [-0.05, 0) is 18.8 Å². The van der Waals surface area contributed by atoms with E-state index in [1.807, 2.05) is 27.7 Å². The van der Waals surface area contributed by atoms with Crippen molar-refractivity contribution in [2.45, 2.75) is 105 Å². The molecule has 27 heavy (non-hydrogen) atoms. The van der Waals surface area contributed by atoms with E-state index in [0.717, 1.165) is 12.8 Å². The van der Waals surface area contributed by atoms with Crippen molar-refractivity contribution in [2.75, 3.05) is 13.6 Å². The quantitative estimate of drug-likeness (QED) is 0.190. The fraction of sp³-hybridized carbons (Fsp3) is 0.864. The molecule has 5 heteroatoms. The van der Waals surface area contributed by atoms with Gasteiger partial charge in [0.2, 0.25) is 0 Å². The highest BCUT2D eigenvalue weighted by Gasteiger charge is 2.24. The Hall–Kier alpha value is -1.39. The number of ether oxygens (including phenoxy) is 1. The number of ketones is 1. The molecule has 0 saturated heterocycles. The Morgan fingerprint density at radius 1 is 1.00 bits per heavy atom. The van der Waals surface area contributed by atoms with Crippen molar-refractivity contribution in [3.05, 3.63) is 0 Å². The van der Waals surface area contributed by atoms with Gasteiger partial charge in [0.1, 0.15) is 24.3 Å². The highest BCUT2D eigenvalue weighted by molar-refractivity contribution is 6.00. The maximum atomic E-state index is 12.0. The molecule has 0 fully saturated rings. The first-order chi connectivity index (χ1) is 12.6. The third-order valence-electron chi connectivity index (χ3n) is 5.03. The van der Waals surface area contributed by atoms with Crippen LogP contribution in [-0.2, 0) is 14.3 Å². The number of rotatable bonds is 14.